The van der Waals surface area contributed by atoms with E-state index in [1.54, 1.807) is 6.07 Å². The van der Waals surface area contributed by atoms with Gasteiger partial charge in [0.15, 0.2) is 6.71 Å². The van der Waals surface area contributed by atoms with Gasteiger partial charge in [-0.2, -0.15) is 0 Å². The van der Waals surface area contributed by atoms with E-state index in [1.807, 2.05) is 20.6 Å². The van der Waals surface area contributed by atoms with Crippen LogP contribution in [0.3, 0.4) is 0 Å². The molecule has 0 saturated heterocycles. The van der Waals surface area contributed by atoms with Crippen molar-refractivity contribution < 1.29 is 9.13 Å². The van der Waals surface area contributed by atoms with Crippen molar-refractivity contribution in [2.24, 2.45) is 0 Å². The number of hydrogen-bond donors (Lipinski definition) is 0. The minimum Gasteiger partial charge on any atom is -0.493 e. The number of hydrogen-bond acceptors (Lipinski definition) is 1. The first-order chi connectivity index (χ1) is 7.06. The van der Waals surface area contributed by atoms with E-state index in [1.165, 1.54) is 6.07 Å². The Labute approximate surface area is 99.2 Å². The van der Waals surface area contributed by atoms with Gasteiger partial charge in [0.25, 0.3) is 0 Å². The summed E-state index contributed by atoms with van der Waals surface area (Å²) >= 11 is 3.33. The molecule has 0 amide bonds. The van der Waals surface area contributed by atoms with Crippen LogP contribution < -0.4 is 10.2 Å². The molecule has 4 heteroatoms. The topological polar surface area (TPSA) is 9.23 Å². The normalized spacial score (nSPS) is 10.2. The van der Waals surface area contributed by atoms with Gasteiger partial charge in [0.2, 0.25) is 0 Å². The van der Waals surface area contributed by atoms with Gasteiger partial charge < -0.3 is 4.74 Å². The van der Waals surface area contributed by atoms with Crippen molar-refractivity contribution in [1.29, 1.82) is 0 Å². The highest BCUT2D eigenvalue weighted by Gasteiger charge is 2.15. The lowest BCUT2D eigenvalue weighted by Gasteiger charge is -2.14. The van der Waals surface area contributed by atoms with Gasteiger partial charge in [-0.3, -0.25) is 0 Å². The molecule has 1 nitrogen and oxygen atoms in total. The van der Waals surface area contributed by atoms with Crippen molar-refractivity contribution >= 4 is 28.1 Å². The third-order valence-electron chi connectivity index (χ3n) is 2.11. The van der Waals surface area contributed by atoms with Crippen molar-refractivity contribution in [1.82, 2.24) is 0 Å². The number of halogens is 2. The minimum atomic E-state index is -0.227. The predicted molar refractivity (Wildman–Crippen MR) is 67.0 cm³/mol. The first-order valence-corrected chi connectivity index (χ1v) is 5.97. The summed E-state index contributed by atoms with van der Waals surface area (Å²) in [5.41, 5.74) is 0.912. The van der Waals surface area contributed by atoms with Crippen LogP contribution in [0.25, 0.3) is 0 Å². The predicted octanol–water partition coefficient (Wildman–Crippen LogP) is 3.34. The fourth-order valence-electron chi connectivity index (χ4n) is 1.37. The van der Waals surface area contributed by atoms with Gasteiger partial charge in [0.05, 0.1) is 11.1 Å². The molecule has 0 N–H and O–H groups in total. The summed E-state index contributed by atoms with van der Waals surface area (Å²) in [5.74, 6) is 0.544. The minimum absolute atomic E-state index is 0.227. The van der Waals surface area contributed by atoms with Crippen LogP contribution in [0.5, 0.6) is 5.75 Å². The lowest BCUT2D eigenvalue weighted by molar-refractivity contribution is 0.317. The van der Waals surface area contributed by atoms with Crippen molar-refractivity contribution in [3.05, 3.63) is 22.4 Å². The number of ether oxygens (including phenoxy) is 1. The Hall–Kier alpha value is -0.505. The van der Waals surface area contributed by atoms with E-state index in [0.717, 1.165) is 17.6 Å². The molecule has 1 aromatic rings. The Morgan fingerprint density at radius 1 is 1.40 bits per heavy atom. The Kier molecular flexibility index (Phi) is 4.64. The zero-order chi connectivity index (χ0) is 11.4. The highest BCUT2D eigenvalue weighted by atomic mass is 79.9. The Morgan fingerprint density at radius 2 is 2.07 bits per heavy atom. The molecular formula is C11H15BBrFO. The first kappa shape index (κ1) is 12.6. The van der Waals surface area contributed by atoms with E-state index in [0.29, 0.717) is 11.1 Å². The average molecular weight is 273 g/mol. The second-order valence-corrected chi connectivity index (χ2v) is 4.66. The van der Waals surface area contributed by atoms with Crippen LogP contribution in [0.1, 0.15) is 13.3 Å². The molecule has 0 aliphatic rings. The molecular weight excluding hydrogens is 258 g/mol. The van der Waals surface area contributed by atoms with Gasteiger partial charge in [-0.25, -0.2) is 4.39 Å². The zero-order valence-electron chi connectivity index (χ0n) is 9.31. The average Bonchev–Trinajstić information content (AvgIpc) is 2.15. The summed E-state index contributed by atoms with van der Waals surface area (Å²) in [4.78, 5) is 0. The summed E-state index contributed by atoms with van der Waals surface area (Å²) in [6.07, 6.45) is 0.946. The molecule has 15 heavy (non-hydrogen) atoms. The zero-order valence-corrected chi connectivity index (χ0v) is 10.9. The van der Waals surface area contributed by atoms with Crippen LogP contribution in [0.2, 0.25) is 13.6 Å². The van der Waals surface area contributed by atoms with Crippen molar-refractivity contribution in [3.8, 4) is 5.75 Å². The Bertz CT molecular complexity index is 342. The first-order valence-electron chi connectivity index (χ1n) is 5.18. The molecule has 0 fully saturated rings. The van der Waals surface area contributed by atoms with E-state index in [-0.39, 0.29) is 12.5 Å². The Morgan fingerprint density at radius 3 is 2.60 bits per heavy atom. The summed E-state index contributed by atoms with van der Waals surface area (Å²) in [7, 11) is 0. The molecule has 1 aromatic carbocycles. The van der Waals surface area contributed by atoms with Crippen LogP contribution in [0, 0.1) is 5.82 Å². The summed E-state index contributed by atoms with van der Waals surface area (Å²) < 4.78 is 19.5. The van der Waals surface area contributed by atoms with Crippen molar-refractivity contribution in [2.75, 3.05) is 6.61 Å². The van der Waals surface area contributed by atoms with Gasteiger partial charge in [-0.15, -0.1) is 0 Å². The molecule has 0 spiro atoms. The van der Waals surface area contributed by atoms with E-state index in [9.17, 15) is 4.39 Å². The second kappa shape index (κ2) is 5.54. The molecule has 0 aliphatic heterocycles. The fraction of sp³-hybridized carbons (Fsp3) is 0.455. The van der Waals surface area contributed by atoms with Crippen LogP contribution in [0.4, 0.5) is 4.39 Å². The van der Waals surface area contributed by atoms with Crippen molar-refractivity contribution in [3.63, 3.8) is 0 Å². The standard InChI is InChI=1S/C11H15BBrFO/c1-4-5-15-11-9(12(2)3)6-8(14)7-10(11)13/h6-7H,4-5H2,1-3H3. The largest absolute Gasteiger partial charge is 0.493 e. The quantitative estimate of drug-likeness (QED) is 0.764. The molecule has 0 aliphatic carbocycles. The Balaban J connectivity index is 3.09. The van der Waals surface area contributed by atoms with Gasteiger partial charge in [0, 0.05) is 0 Å². The van der Waals surface area contributed by atoms with E-state index >= 15 is 0 Å². The molecule has 0 aromatic heterocycles. The number of benzene rings is 1. The van der Waals surface area contributed by atoms with Crippen LogP contribution in [0.15, 0.2) is 16.6 Å². The fourth-order valence-corrected chi connectivity index (χ4v) is 1.93. The maximum absolute atomic E-state index is 13.2. The van der Waals surface area contributed by atoms with Crippen LogP contribution in [-0.4, -0.2) is 13.3 Å². The van der Waals surface area contributed by atoms with Crippen LogP contribution >= 0.6 is 15.9 Å². The van der Waals surface area contributed by atoms with Crippen molar-refractivity contribution in [2.45, 2.75) is 27.0 Å². The van der Waals surface area contributed by atoms with Crippen LogP contribution in [-0.2, 0) is 0 Å². The SMILES string of the molecule is CCCOc1c(Br)cc(F)cc1B(C)C. The monoisotopic (exact) mass is 272 g/mol. The smallest absolute Gasteiger partial charge is 0.174 e. The highest BCUT2D eigenvalue weighted by molar-refractivity contribution is 9.10. The van der Waals surface area contributed by atoms with E-state index in [2.05, 4.69) is 15.9 Å². The molecule has 0 bridgehead atoms. The molecule has 0 heterocycles. The third kappa shape index (κ3) is 3.23. The maximum atomic E-state index is 13.2. The van der Waals surface area contributed by atoms with Gasteiger partial charge in [0.1, 0.15) is 11.6 Å². The third-order valence-corrected chi connectivity index (χ3v) is 2.70. The summed E-state index contributed by atoms with van der Waals surface area (Å²) in [5, 5.41) is 0. The summed E-state index contributed by atoms with van der Waals surface area (Å²) in [6.45, 7) is 7.01. The lowest BCUT2D eigenvalue weighted by atomic mass is 9.49. The molecule has 82 valence electrons. The summed E-state index contributed by atoms with van der Waals surface area (Å²) in [6, 6.07) is 2.98. The molecule has 0 saturated carbocycles. The highest BCUT2D eigenvalue weighted by Crippen LogP contribution is 2.24. The molecule has 1 rings (SSSR count). The van der Waals surface area contributed by atoms with E-state index < -0.39 is 0 Å². The number of rotatable bonds is 4. The molecule has 0 radical (unpaired) electrons. The van der Waals surface area contributed by atoms with Gasteiger partial charge in [-0.1, -0.05) is 20.6 Å². The second-order valence-electron chi connectivity index (χ2n) is 3.81. The molecule has 0 unspecified atom stereocenters. The van der Waals surface area contributed by atoms with E-state index in [4.69, 9.17) is 4.74 Å². The van der Waals surface area contributed by atoms with Gasteiger partial charge in [-0.05, 0) is 39.9 Å². The molecule has 0 atom stereocenters. The van der Waals surface area contributed by atoms with Gasteiger partial charge >= 0.3 is 0 Å². The lowest BCUT2D eigenvalue weighted by Crippen LogP contribution is -2.26. The maximum Gasteiger partial charge on any atom is 0.174 e.